The summed E-state index contributed by atoms with van der Waals surface area (Å²) < 4.78 is 20.3. The minimum absolute atomic E-state index is 0.154. The Bertz CT molecular complexity index is 1160. The van der Waals surface area contributed by atoms with E-state index >= 15 is 0 Å². The number of fused-ring (bicyclic) bond motifs is 2. The van der Waals surface area contributed by atoms with Gasteiger partial charge in [-0.2, -0.15) is 5.10 Å². The Balaban J connectivity index is 1.84. The van der Waals surface area contributed by atoms with Crippen molar-refractivity contribution < 1.29 is 19.0 Å². The first-order valence-corrected chi connectivity index (χ1v) is 7.73. The highest BCUT2D eigenvalue weighted by molar-refractivity contribution is 5.93. The van der Waals surface area contributed by atoms with Crippen LogP contribution in [-0.2, 0) is 11.3 Å². The highest BCUT2D eigenvalue weighted by Crippen LogP contribution is 2.26. The van der Waals surface area contributed by atoms with Gasteiger partial charge in [-0.1, -0.05) is 0 Å². The highest BCUT2D eigenvalue weighted by Gasteiger charge is 2.11. The number of hydrogen-bond donors (Lipinski definition) is 1. The molecule has 130 valence electrons. The lowest BCUT2D eigenvalue weighted by Crippen LogP contribution is -2.09. The quantitative estimate of drug-likeness (QED) is 0.607. The van der Waals surface area contributed by atoms with E-state index in [0.29, 0.717) is 27.8 Å². The average molecular weight is 352 g/mol. The van der Waals surface area contributed by atoms with Crippen LogP contribution < -0.4 is 4.74 Å². The van der Waals surface area contributed by atoms with Gasteiger partial charge in [-0.05, 0) is 30.3 Å². The lowest BCUT2D eigenvalue weighted by molar-refractivity contribution is -0.137. The number of carbonyl (C=O) groups is 1. The van der Waals surface area contributed by atoms with Crippen molar-refractivity contribution >= 4 is 27.9 Å². The van der Waals surface area contributed by atoms with Crippen molar-refractivity contribution in [1.82, 2.24) is 19.7 Å². The number of methoxy groups -OCH3 is 1. The second-order valence-corrected chi connectivity index (χ2v) is 5.70. The van der Waals surface area contributed by atoms with Crippen molar-refractivity contribution in [2.45, 2.75) is 6.54 Å². The standard InChI is InChI=1S/C18H13FN4O3/c1-26-17-3-2-10(4-12(17)19)15-8-20-13-5-11-7-21-23(9-18(24)25)16(11)6-14(13)22-15/h2-8H,9H2,1H3,(H,24,25). The van der Waals surface area contributed by atoms with Crippen LogP contribution in [0.25, 0.3) is 33.2 Å². The molecule has 0 radical (unpaired) electrons. The minimum Gasteiger partial charge on any atom is -0.494 e. The first-order chi connectivity index (χ1) is 12.5. The molecule has 0 bridgehead atoms. The molecule has 0 fully saturated rings. The fourth-order valence-corrected chi connectivity index (χ4v) is 2.80. The van der Waals surface area contributed by atoms with Crippen LogP contribution in [0.1, 0.15) is 0 Å². The molecule has 2 aromatic heterocycles. The van der Waals surface area contributed by atoms with Crippen LogP contribution in [0, 0.1) is 5.82 Å². The van der Waals surface area contributed by atoms with Gasteiger partial charge < -0.3 is 9.84 Å². The Morgan fingerprint density at radius 3 is 2.81 bits per heavy atom. The van der Waals surface area contributed by atoms with Gasteiger partial charge in [-0.3, -0.25) is 14.5 Å². The van der Waals surface area contributed by atoms with Crippen molar-refractivity contribution in [3.63, 3.8) is 0 Å². The van der Waals surface area contributed by atoms with Crippen LogP contribution >= 0.6 is 0 Å². The van der Waals surface area contributed by atoms with E-state index in [0.717, 1.165) is 5.39 Å². The predicted octanol–water partition coefficient (Wildman–Crippen LogP) is 2.88. The molecule has 0 saturated heterocycles. The van der Waals surface area contributed by atoms with Gasteiger partial charge in [0.2, 0.25) is 0 Å². The molecule has 4 rings (SSSR count). The molecule has 2 aromatic carbocycles. The van der Waals surface area contributed by atoms with Crippen LogP contribution in [0.2, 0.25) is 0 Å². The summed E-state index contributed by atoms with van der Waals surface area (Å²) in [6, 6.07) is 8.09. The van der Waals surface area contributed by atoms with Gasteiger partial charge in [0.1, 0.15) is 6.54 Å². The summed E-state index contributed by atoms with van der Waals surface area (Å²) in [5.41, 5.74) is 2.93. The Morgan fingerprint density at radius 1 is 1.23 bits per heavy atom. The SMILES string of the molecule is COc1ccc(-c2cnc3cc4cnn(CC(=O)O)c4cc3n2)cc1F. The molecule has 0 atom stereocenters. The predicted molar refractivity (Wildman–Crippen MR) is 92.4 cm³/mol. The van der Waals surface area contributed by atoms with E-state index in [1.165, 1.54) is 23.9 Å². The van der Waals surface area contributed by atoms with Gasteiger partial charge in [-0.25, -0.2) is 9.37 Å². The number of carboxylic acids is 1. The number of hydrogen-bond acceptors (Lipinski definition) is 5. The molecule has 26 heavy (non-hydrogen) atoms. The van der Waals surface area contributed by atoms with Gasteiger partial charge >= 0.3 is 5.97 Å². The fraction of sp³-hybridized carbons (Fsp3) is 0.111. The average Bonchev–Trinajstić information content (AvgIpc) is 3.00. The van der Waals surface area contributed by atoms with Gasteiger partial charge in [0, 0.05) is 10.9 Å². The molecule has 4 aromatic rings. The molecule has 0 spiro atoms. The van der Waals surface area contributed by atoms with Gasteiger partial charge in [-0.15, -0.1) is 0 Å². The molecule has 0 saturated carbocycles. The molecule has 0 aliphatic rings. The van der Waals surface area contributed by atoms with Crippen molar-refractivity contribution in [3.05, 3.63) is 48.5 Å². The number of ether oxygens (including phenoxy) is 1. The van der Waals surface area contributed by atoms with Crippen molar-refractivity contribution in [2.24, 2.45) is 0 Å². The largest absolute Gasteiger partial charge is 0.494 e. The van der Waals surface area contributed by atoms with Crippen molar-refractivity contribution in [2.75, 3.05) is 7.11 Å². The number of aliphatic carboxylic acids is 1. The summed E-state index contributed by atoms with van der Waals surface area (Å²) in [6.07, 6.45) is 3.16. The van der Waals surface area contributed by atoms with E-state index in [1.807, 2.05) is 0 Å². The number of carboxylic acid groups (broad SMARTS) is 1. The van der Waals surface area contributed by atoms with Crippen molar-refractivity contribution in [3.8, 4) is 17.0 Å². The van der Waals surface area contributed by atoms with Gasteiger partial charge in [0.15, 0.2) is 11.6 Å². The van der Waals surface area contributed by atoms with E-state index in [2.05, 4.69) is 15.1 Å². The maximum atomic E-state index is 14.0. The topological polar surface area (TPSA) is 90.1 Å². The molecule has 0 aliphatic heterocycles. The zero-order chi connectivity index (χ0) is 18.3. The normalized spacial score (nSPS) is 11.2. The molecular formula is C18H13FN4O3. The lowest BCUT2D eigenvalue weighted by Gasteiger charge is -2.06. The summed E-state index contributed by atoms with van der Waals surface area (Å²) in [7, 11) is 1.40. The number of benzene rings is 2. The maximum Gasteiger partial charge on any atom is 0.325 e. The Labute approximate surface area is 146 Å². The molecule has 0 amide bonds. The molecule has 0 unspecified atom stereocenters. The van der Waals surface area contributed by atoms with Crippen LogP contribution in [0.15, 0.2) is 42.7 Å². The fourth-order valence-electron chi connectivity index (χ4n) is 2.80. The maximum absolute atomic E-state index is 14.0. The molecule has 1 N–H and O–H groups in total. The third-order valence-electron chi connectivity index (χ3n) is 4.04. The Morgan fingerprint density at radius 2 is 2.08 bits per heavy atom. The first-order valence-electron chi connectivity index (χ1n) is 7.73. The minimum atomic E-state index is -0.983. The summed E-state index contributed by atoms with van der Waals surface area (Å²) in [6.45, 7) is -0.244. The Kier molecular flexibility index (Phi) is 3.72. The second-order valence-electron chi connectivity index (χ2n) is 5.70. The van der Waals surface area contributed by atoms with Crippen LogP contribution in [0.5, 0.6) is 5.75 Å². The zero-order valence-electron chi connectivity index (χ0n) is 13.7. The van der Waals surface area contributed by atoms with Crippen LogP contribution in [0.3, 0.4) is 0 Å². The molecule has 0 aliphatic carbocycles. The third kappa shape index (κ3) is 2.71. The number of nitrogens with zero attached hydrogens (tertiary/aromatic N) is 4. The van der Waals surface area contributed by atoms with Crippen LogP contribution in [-0.4, -0.2) is 37.9 Å². The van der Waals surface area contributed by atoms with E-state index in [-0.39, 0.29) is 12.3 Å². The Hall–Kier alpha value is -3.55. The van der Waals surface area contributed by atoms with E-state index in [9.17, 15) is 9.18 Å². The van der Waals surface area contributed by atoms with Crippen LogP contribution in [0.4, 0.5) is 4.39 Å². The summed E-state index contributed by atoms with van der Waals surface area (Å²) >= 11 is 0. The zero-order valence-corrected chi connectivity index (χ0v) is 13.7. The number of rotatable bonds is 4. The molecule has 2 heterocycles. The molecule has 7 nitrogen and oxygen atoms in total. The third-order valence-corrected chi connectivity index (χ3v) is 4.04. The van der Waals surface area contributed by atoms with E-state index < -0.39 is 11.8 Å². The summed E-state index contributed by atoms with van der Waals surface area (Å²) in [5, 5.41) is 13.8. The second kappa shape index (κ2) is 6.07. The molecular weight excluding hydrogens is 339 g/mol. The van der Waals surface area contributed by atoms with Crippen molar-refractivity contribution in [1.29, 1.82) is 0 Å². The van der Waals surface area contributed by atoms with Gasteiger partial charge in [0.25, 0.3) is 0 Å². The smallest absolute Gasteiger partial charge is 0.325 e. The highest BCUT2D eigenvalue weighted by atomic mass is 19.1. The first kappa shape index (κ1) is 15.9. The van der Waals surface area contributed by atoms with E-state index in [1.54, 1.807) is 30.6 Å². The summed E-state index contributed by atoms with van der Waals surface area (Å²) in [5.74, 6) is -1.31. The van der Waals surface area contributed by atoms with Gasteiger partial charge in [0.05, 0.1) is 41.7 Å². The van der Waals surface area contributed by atoms with E-state index in [4.69, 9.17) is 9.84 Å². The number of halogens is 1. The monoisotopic (exact) mass is 352 g/mol. The lowest BCUT2D eigenvalue weighted by atomic mass is 10.1. The molecule has 8 heteroatoms. The summed E-state index contributed by atoms with van der Waals surface area (Å²) in [4.78, 5) is 19.9. The number of aromatic nitrogens is 4.